The molecular formula is C16H13BrN4O. The van der Waals surface area contributed by atoms with Crippen molar-refractivity contribution in [3.05, 3.63) is 70.8 Å². The molecule has 1 amide bonds. The summed E-state index contributed by atoms with van der Waals surface area (Å²) in [5.74, 6) is 4.78. The van der Waals surface area contributed by atoms with Gasteiger partial charge in [0.25, 0.3) is 5.91 Å². The second-order valence-corrected chi connectivity index (χ2v) is 5.56. The van der Waals surface area contributed by atoms with Gasteiger partial charge in [0.15, 0.2) is 5.69 Å². The fraction of sp³-hybridized carbons (Fsp3) is 0. The first-order valence-corrected chi connectivity index (χ1v) is 7.41. The summed E-state index contributed by atoms with van der Waals surface area (Å²) in [6, 6.07) is 19.2. The van der Waals surface area contributed by atoms with Gasteiger partial charge in [-0.3, -0.25) is 10.2 Å². The third kappa shape index (κ3) is 2.79. The predicted molar refractivity (Wildman–Crippen MR) is 88.4 cm³/mol. The number of hydrazine groups is 1. The Morgan fingerprint density at radius 2 is 1.77 bits per heavy atom. The average molecular weight is 357 g/mol. The summed E-state index contributed by atoms with van der Waals surface area (Å²) in [5, 5.41) is 4.37. The zero-order chi connectivity index (χ0) is 15.5. The molecule has 3 rings (SSSR count). The Bertz CT molecular complexity index is 797. The van der Waals surface area contributed by atoms with E-state index in [-0.39, 0.29) is 5.69 Å². The molecule has 0 aliphatic carbocycles. The second-order valence-electron chi connectivity index (χ2n) is 4.64. The molecule has 3 aromatic rings. The molecule has 2 aromatic carbocycles. The van der Waals surface area contributed by atoms with E-state index in [9.17, 15) is 4.79 Å². The van der Waals surface area contributed by atoms with Gasteiger partial charge in [-0.1, -0.05) is 46.3 Å². The highest BCUT2D eigenvalue weighted by atomic mass is 79.9. The van der Waals surface area contributed by atoms with Crippen LogP contribution in [0.2, 0.25) is 0 Å². The van der Waals surface area contributed by atoms with Crippen molar-refractivity contribution in [2.45, 2.75) is 0 Å². The van der Waals surface area contributed by atoms with Gasteiger partial charge in [-0.25, -0.2) is 10.5 Å². The van der Waals surface area contributed by atoms with Crippen molar-refractivity contribution < 1.29 is 4.79 Å². The van der Waals surface area contributed by atoms with Crippen LogP contribution in [-0.4, -0.2) is 15.7 Å². The third-order valence-electron chi connectivity index (χ3n) is 3.21. The van der Waals surface area contributed by atoms with Gasteiger partial charge in [-0.15, -0.1) is 0 Å². The summed E-state index contributed by atoms with van der Waals surface area (Å²) in [4.78, 5) is 11.8. The molecular weight excluding hydrogens is 344 g/mol. The van der Waals surface area contributed by atoms with Crippen LogP contribution in [0.5, 0.6) is 0 Å². The van der Waals surface area contributed by atoms with E-state index >= 15 is 0 Å². The maximum atomic E-state index is 11.8. The van der Waals surface area contributed by atoms with Crippen molar-refractivity contribution in [2.75, 3.05) is 0 Å². The van der Waals surface area contributed by atoms with Crippen molar-refractivity contribution in [3.8, 4) is 16.9 Å². The molecule has 1 heterocycles. The first kappa shape index (κ1) is 14.5. The van der Waals surface area contributed by atoms with Gasteiger partial charge < -0.3 is 0 Å². The van der Waals surface area contributed by atoms with Crippen molar-refractivity contribution in [3.63, 3.8) is 0 Å². The van der Waals surface area contributed by atoms with Crippen molar-refractivity contribution in [2.24, 2.45) is 5.84 Å². The highest BCUT2D eigenvalue weighted by Crippen LogP contribution is 2.24. The van der Waals surface area contributed by atoms with Crippen molar-refractivity contribution in [1.82, 2.24) is 15.2 Å². The van der Waals surface area contributed by atoms with Crippen LogP contribution in [0.15, 0.2) is 65.1 Å². The lowest BCUT2D eigenvalue weighted by molar-refractivity contribution is 0.0948. The molecule has 22 heavy (non-hydrogen) atoms. The van der Waals surface area contributed by atoms with Crippen LogP contribution in [0.4, 0.5) is 0 Å². The van der Waals surface area contributed by atoms with E-state index in [0.717, 1.165) is 21.4 Å². The number of nitrogens with zero attached hydrogens (tertiary/aromatic N) is 2. The van der Waals surface area contributed by atoms with Gasteiger partial charge in [0.1, 0.15) is 0 Å². The summed E-state index contributed by atoms with van der Waals surface area (Å²) in [6.45, 7) is 0. The van der Waals surface area contributed by atoms with E-state index < -0.39 is 5.91 Å². The SMILES string of the molecule is NNC(=O)c1cc(-c2ccccc2)n(-c2ccc(Br)cc2)n1. The molecule has 0 atom stereocenters. The molecule has 0 aliphatic rings. The molecule has 0 spiro atoms. The molecule has 0 bridgehead atoms. The lowest BCUT2D eigenvalue weighted by atomic mass is 10.1. The highest BCUT2D eigenvalue weighted by Gasteiger charge is 2.15. The number of aromatic nitrogens is 2. The maximum absolute atomic E-state index is 11.8. The zero-order valence-corrected chi connectivity index (χ0v) is 13.1. The Morgan fingerprint density at radius 1 is 1.09 bits per heavy atom. The van der Waals surface area contributed by atoms with Gasteiger partial charge in [0.2, 0.25) is 0 Å². The second kappa shape index (κ2) is 6.13. The van der Waals surface area contributed by atoms with Crippen LogP contribution >= 0.6 is 15.9 Å². The standard InChI is InChI=1S/C16H13BrN4O/c17-12-6-8-13(9-7-12)21-15(11-4-2-1-3-5-11)10-14(20-21)16(22)19-18/h1-10H,18H2,(H,19,22). The maximum Gasteiger partial charge on any atom is 0.285 e. The van der Waals surface area contributed by atoms with Crippen LogP contribution in [0.1, 0.15) is 10.5 Å². The first-order chi connectivity index (χ1) is 10.7. The van der Waals surface area contributed by atoms with Crippen LogP contribution in [0.25, 0.3) is 16.9 Å². The third-order valence-corrected chi connectivity index (χ3v) is 3.74. The Kier molecular flexibility index (Phi) is 4.04. The van der Waals surface area contributed by atoms with Gasteiger partial charge >= 0.3 is 0 Å². The molecule has 5 nitrogen and oxygen atoms in total. The number of hydrogen-bond donors (Lipinski definition) is 2. The minimum Gasteiger partial charge on any atom is -0.289 e. The fourth-order valence-electron chi connectivity index (χ4n) is 2.16. The molecule has 0 fully saturated rings. The number of benzene rings is 2. The Labute approximate surface area is 135 Å². The van der Waals surface area contributed by atoms with E-state index in [1.54, 1.807) is 10.7 Å². The van der Waals surface area contributed by atoms with E-state index in [4.69, 9.17) is 5.84 Å². The number of halogens is 1. The largest absolute Gasteiger partial charge is 0.289 e. The number of hydrogen-bond acceptors (Lipinski definition) is 3. The topological polar surface area (TPSA) is 72.9 Å². The van der Waals surface area contributed by atoms with Gasteiger partial charge in [0.05, 0.1) is 11.4 Å². The molecule has 0 unspecified atom stereocenters. The van der Waals surface area contributed by atoms with Gasteiger partial charge in [-0.05, 0) is 30.3 Å². The number of nitrogen functional groups attached to an aromatic ring is 1. The van der Waals surface area contributed by atoms with E-state index in [1.165, 1.54) is 0 Å². The number of nitrogens with two attached hydrogens (primary N) is 1. The molecule has 0 aliphatic heterocycles. The Balaban J connectivity index is 2.17. The molecule has 0 radical (unpaired) electrons. The smallest absolute Gasteiger partial charge is 0.285 e. The summed E-state index contributed by atoms with van der Waals surface area (Å²) < 4.78 is 2.70. The molecule has 110 valence electrons. The van der Waals surface area contributed by atoms with E-state index in [2.05, 4.69) is 26.5 Å². The fourth-order valence-corrected chi connectivity index (χ4v) is 2.42. The van der Waals surface area contributed by atoms with Gasteiger partial charge in [0, 0.05) is 10.0 Å². The Hall–Kier alpha value is -2.44. The molecule has 6 heteroatoms. The van der Waals surface area contributed by atoms with Crippen LogP contribution in [0.3, 0.4) is 0 Å². The summed E-state index contributed by atoms with van der Waals surface area (Å²) in [5.41, 5.74) is 5.03. The number of rotatable bonds is 3. The molecule has 0 saturated carbocycles. The first-order valence-electron chi connectivity index (χ1n) is 6.61. The van der Waals surface area contributed by atoms with Crippen LogP contribution < -0.4 is 11.3 Å². The molecule has 0 saturated heterocycles. The monoisotopic (exact) mass is 356 g/mol. The minimum atomic E-state index is -0.423. The number of carbonyl (C=O) groups is 1. The number of nitrogens with one attached hydrogen (secondary N) is 1. The van der Waals surface area contributed by atoms with Crippen LogP contribution in [-0.2, 0) is 0 Å². The highest BCUT2D eigenvalue weighted by molar-refractivity contribution is 9.10. The summed E-state index contributed by atoms with van der Waals surface area (Å²) >= 11 is 3.41. The average Bonchev–Trinajstić information content (AvgIpc) is 3.01. The lowest BCUT2D eigenvalue weighted by Gasteiger charge is -2.07. The number of carbonyl (C=O) groups excluding carboxylic acids is 1. The normalized spacial score (nSPS) is 10.5. The van der Waals surface area contributed by atoms with E-state index in [0.29, 0.717) is 0 Å². The quantitative estimate of drug-likeness (QED) is 0.430. The Morgan fingerprint density at radius 3 is 2.41 bits per heavy atom. The molecule has 3 N–H and O–H groups in total. The van der Waals surface area contributed by atoms with Crippen LogP contribution in [0, 0.1) is 0 Å². The predicted octanol–water partition coefficient (Wildman–Crippen LogP) is 2.91. The number of amides is 1. The zero-order valence-electron chi connectivity index (χ0n) is 11.5. The molecule has 1 aromatic heterocycles. The van der Waals surface area contributed by atoms with Crippen molar-refractivity contribution in [1.29, 1.82) is 0 Å². The van der Waals surface area contributed by atoms with E-state index in [1.807, 2.05) is 54.6 Å². The summed E-state index contributed by atoms with van der Waals surface area (Å²) in [7, 11) is 0. The van der Waals surface area contributed by atoms with Gasteiger partial charge in [-0.2, -0.15) is 5.10 Å². The minimum absolute atomic E-state index is 0.268. The van der Waals surface area contributed by atoms with Crippen molar-refractivity contribution >= 4 is 21.8 Å². The summed E-state index contributed by atoms with van der Waals surface area (Å²) in [6.07, 6.45) is 0. The lowest BCUT2D eigenvalue weighted by Crippen LogP contribution is -2.30.